The summed E-state index contributed by atoms with van der Waals surface area (Å²) in [5.74, 6) is -1.79. The van der Waals surface area contributed by atoms with Crippen molar-refractivity contribution >= 4 is 11.8 Å². The Labute approximate surface area is 178 Å². The van der Waals surface area contributed by atoms with Crippen molar-refractivity contribution in [2.24, 2.45) is 35.5 Å². The number of hydrogen-bond donors (Lipinski definition) is 0. The summed E-state index contributed by atoms with van der Waals surface area (Å²) in [7, 11) is 1.51. The average Bonchev–Trinajstić information content (AvgIpc) is 2.91. The van der Waals surface area contributed by atoms with Crippen LogP contribution < -0.4 is 0 Å². The number of methoxy groups -OCH3 is 1. The zero-order valence-corrected chi connectivity index (χ0v) is 18.3. The fourth-order valence-electron chi connectivity index (χ4n) is 6.26. The lowest BCUT2D eigenvalue weighted by Crippen LogP contribution is -2.54. The SMILES string of the molecule is CC[C@H]1OC(=O)[C@@H](OC)C[C@H]2C=C[C@H]3[C@H]4O[C@]2(/C(C)=C/[C@H]1C)[C@@H]3C(=O)C(C)[C@H]4C#N. The fraction of sp³-hybridized carbons (Fsp3) is 0.708. The minimum atomic E-state index is -0.845. The fourth-order valence-corrected chi connectivity index (χ4v) is 6.26. The Balaban J connectivity index is 1.88. The highest BCUT2D eigenvalue weighted by Gasteiger charge is 2.68. The van der Waals surface area contributed by atoms with Crippen LogP contribution >= 0.6 is 0 Å². The number of cyclic esters (lactones) is 1. The van der Waals surface area contributed by atoms with Crippen LogP contribution in [0.5, 0.6) is 0 Å². The van der Waals surface area contributed by atoms with Crippen LogP contribution in [0.4, 0.5) is 0 Å². The van der Waals surface area contributed by atoms with Gasteiger partial charge in [-0.05, 0) is 25.3 Å². The monoisotopic (exact) mass is 413 g/mol. The van der Waals surface area contributed by atoms with Gasteiger partial charge in [0, 0.05) is 30.8 Å². The Hall–Kier alpha value is -1.97. The van der Waals surface area contributed by atoms with Crippen molar-refractivity contribution < 1.29 is 23.8 Å². The number of carbonyl (C=O) groups is 2. The van der Waals surface area contributed by atoms with E-state index in [0.29, 0.717) is 12.8 Å². The van der Waals surface area contributed by atoms with Gasteiger partial charge in [-0.2, -0.15) is 5.26 Å². The van der Waals surface area contributed by atoms with E-state index in [2.05, 4.69) is 18.2 Å². The molecule has 162 valence electrons. The zero-order chi connectivity index (χ0) is 21.8. The predicted molar refractivity (Wildman–Crippen MR) is 109 cm³/mol. The number of ketones is 1. The van der Waals surface area contributed by atoms with E-state index in [1.54, 1.807) is 0 Å². The van der Waals surface area contributed by atoms with Crippen molar-refractivity contribution in [3.05, 3.63) is 23.8 Å². The van der Waals surface area contributed by atoms with Crippen LogP contribution in [0.2, 0.25) is 0 Å². The molecule has 0 amide bonds. The van der Waals surface area contributed by atoms with Crippen molar-refractivity contribution in [1.82, 2.24) is 0 Å². The Kier molecular flexibility index (Phi) is 5.40. The summed E-state index contributed by atoms with van der Waals surface area (Å²) in [6.07, 6.45) is 5.96. The topological polar surface area (TPSA) is 85.6 Å². The van der Waals surface area contributed by atoms with Crippen LogP contribution in [0, 0.1) is 46.8 Å². The van der Waals surface area contributed by atoms with E-state index in [0.717, 1.165) is 5.57 Å². The second-order valence-corrected chi connectivity index (χ2v) is 9.32. The first-order valence-electron chi connectivity index (χ1n) is 11.0. The lowest BCUT2D eigenvalue weighted by molar-refractivity contribution is -0.166. The second kappa shape index (κ2) is 7.62. The first kappa shape index (κ1) is 21.3. The van der Waals surface area contributed by atoms with Crippen LogP contribution in [-0.4, -0.2) is 42.8 Å². The van der Waals surface area contributed by atoms with Crippen LogP contribution in [-0.2, 0) is 23.8 Å². The molecule has 2 aliphatic heterocycles. The highest BCUT2D eigenvalue weighted by molar-refractivity contribution is 5.88. The van der Waals surface area contributed by atoms with Gasteiger partial charge >= 0.3 is 5.97 Å². The Morgan fingerprint density at radius 1 is 1.30 bits per heavy atom. The molecule has 0 aromatic heterocycles. The van der Waals surface area contributed by atoms with Gasteiger partial charge in [-0.3, -0.25) is 4.79 Å². The molecule has 6 nitrogen and oxygen atoms in total. The van der Waals surface area contributed by atoms with Gasteiger partial charge in [-0.1, -0.05) is 39.0 Å². The highest BCUT2D eigenvalue weighted by Crippen LogP contribution is 2.60. The third-order valence-electron chi connectivity index (χ3n) is 7.87. The third kappa shape index (κ3) is 2.82. The molecule has 0 aromatic carbocycles. The summed E-state index contributed by atoms with van der Waals surface area (Å²) in [4.78, 5) is 26.4. The third-order valence-corrected chi connectivity index (χ3v) is 7.87. The van der Waals surface area contributed by atoms with Gasteiger partial charge in [0.05, 0.1) is 24.0 Å². The molecule has 4 bridgehead atoms. The Morgan fingerprint density at radius 2 is 2.03 bits per heavy atom. The lowest BCUT2D eigenvalue weighted by atomic mass is 9.57. The first-order chi connectivity index (χ1) is 14.3. The van der Waals surface area contributed by atoms with Gasteiger partial charge in [-0.25, -0.2) is 4.79 Å². The second-order valence-electron chi connectivity index (χ2n) is 9.32. The summed E-state index contributed by atoms with van der Waals surface area (Å²) < 4.78 is 18.1. The van der Waals surface area contributed by atoms with Crippen LogP contribution in [0.25, 0.3) is 0 Å². The summed E-state index contributed by atoms with van der Waals surface area (Å²) in [5.41, 5.74) is 0.148. The Bertz CT molecular complexity index is 841. The number of esters is 1. The van der Waals surface area contributed by atoms with E-state index >= 15 is 0 Å². The molecule has 10 atom stereocenters. The summed E-state index contributed by atoms with van der Waals surface area (Å²) in [6.45, 7) is 7.89. The van der Waals surface area contributed by atoms with Gasteiger partial charge in [0.1, 0.15) is 17.5 Å². The number of Topliss-reactive ketones (excluding diaryl/α,β-unsaturated/α-hetero) is 1. The minimum absolute atomic E-state index is 0.0303. The molecule has 1 spiro atoms. The molecule has 0 N–H and O–H groups in total. The van der Waals surface area contributed by atoms with E-state index in [-0.39, 0.29) is 53.6 Å². The molecule has 1 unspecified atom stereocenters. The van der Waals surface area contributed by atoms with Gasteiger partial charge in [0.2, 0.25) is 0 Å². The molecule has 1 saturated heterocycles. The summed E-state index contributed by atoms with van der Waals surface area (Å²) in [5, 5.41) is 9.78. The highest BCUT2D eigenvalue weighted by atomic mass is 16.6. The molecule has 30 heavy (non-hydrogen) atoms. The van der Waals surface area contributed by atoms with Crippen LogP contribution in [0.3, 0.4) is 0 Å². The molecular formula is C24H31NO5. The number of nitriles is 1. The van der Waals surface area contributed by atoms with Gasteiger partial charge in [0.25, 0.3) is 0 Å². The zero-order valence-electron chi connectivity index (χ0n) is 18.3. The van der Waals surface area contributed by atoms with Crippen LogP contribution in [0.1, 0.15) is 40.5 Å². The predicted octanol–water partition coefficient (Wildman–Crippen LogP) is 3.22. The van der Waals surface area contributed by atoms with Crippen molar-refractivity contribution in [3.63, 3.8) is 0 Å². The molecule has 6 heteroatoms. The molecule has 1 saturated carbocycles. The van der Waals surface area contributed by atoms with Crippen LogP contribution in [0.15, 0.2) is 23.8 Å². The van der Waals surface area contributed by atoms with Crippen molar-refractivity contribution in [3.8, 4) is 6.07 Å². The molecule has 4 aliphatic rings. The van der Waals surface area contributed by atoms with Gasteiger partial charge in [-0.15, -0.1) is 0 Å². The quantitative estimate of drug-likeness (QED) is 0.510. The first-order valence-corrected chi connectivity index (χ1v) is 11.0. The maximum absolute atomic E-state index is 13.5. The van der Waals surface area contributed by atoms with E-state index < -0.39 is 17.6 Å². The number of hydrogen-bond acceptors (Lipinski definition) is 6. The maximum Gasteiger partial charge on any atom is 0.335 e. The van der Waals surface area contributed by atoms with Crippen molar-refractivity contribution in [2.45, 2.75) is 64.4 Å². The maximum atomic E-state index is 13.5. The molecule has 2 fully saturated rings. The number of carbonyl (C=O) groups excluding carboxylic acids is 2. The molecule has 0 radical (unpaired) electrons. The van der Waals surface area contributed by atoms with E-state index in [1.165, 1.54) is 7.11 Å². The molecule has 4 rings (SSSR count). The number of ether oxygens (including phenoxy) is 3. The Morgan fingerprint density at radius 3 is 2.67 bits per heavy atom. The smallest absolute Gasteiger partial charge is 0.335 e. The summed E-state index contributed by atoms with van der Waals surface area (Å²) >= 11 is 0. The van der Waals surface area contributed by atoms with Gasteiger partial charge < -0.3 is 14.2 Å². The van der Waals surface area contributed by atoms with E-state index in [4.69, 9.17) is 14.2 Å². The van der Waals surface area contributed by atoms with Crippen molar-refractivity contribution in [2.75, 3.05) is 7.11 Å². The minimum Gasteiger partial charge on any atom is -0.460 e. The number of nitrogens with zero attached hydrogens (tertiary/aromatic N) is 1. The van der Waals surface area contributed by atoms with E-state index in [1.807, 2.05) is 33.8 Å². The summed E-state index contributed by atoms with van der Waals surface area (Å²) in [6, 6.07) is 2.34. The molecule has 2 aliphatic carbocycles. The normalized spacial score (nSPS) is 49.5. The molecule has 0 aromatic rings. The number of rotatable bonds is 2. The molecular weight excluding hydrogens is 382 g/mol. The molecule has 2 heterocycles. The van der Waals surface area contributed by atoms with Gasteiger partial charge in [0.15, 0.2) is 6.10 Å². The standard InChI is InChI=1S/C24H31NO5/c1-6-18-12(2)9-13(3)24-15(10-19(28-5)23(27)29-18)7-8-16-20(24)21(26)14(4)17(11-25)22(16)30-24/h7-9,12,14-20,22H,6,10H2,1-5H3/b13-9+/t12-,14?,15-,16-,17-,18-,19+,20+,22-,24+/m1/s1. The average molecular weight is 414 g/mol. The van der Waals surface area contributed by atoms with Crippen molar-refractivity contribution in [1.29, 1.82) is 5.26 Å². The largest absolute Gasteiger partial charge is 0.460 e. The lowest BCUT2D eigenvalue weighted by Gasteiger charge is -2.45. The van der Waals surface area contributed by atoms with E-state index in [9.17, 15) is 14.9 Å².